The molecule has 2 atom stereocenters. The number of rotatable bonds is 4. The number of hydrogen-bond donors (Lipinski definition) is 2. The van der Waals surface area contributed by atoms with Crippen molar-refractivity contribution < 1.29 is 32.3 Å². The molecule has 3 rings (SSSR count). The van der Waals surface area contributed by atoms with Gasteiger partial charge in [0.05, 0.1) is 10.4 Å². The predicted molar refractivity (Wildman–Crippen MR) is 94.0 cm³/mol. The summed E-state index contributed by atoms with van der Waals surface area (Å²) < 4.78 is 43.0. The maximum Gasteiger partial charge on any atom is 0.416 e. The summed E-state index contributed by atoms with van der Waals surface area (Å²) in [6.07, 6.45) is -3.47. The lowest BCUT2D eigenvalue weighted by atomic mass is 10.2. The van der Waals surface area contributed by atoms with Crippen molar-refractivity contribution in [1.29, 1.82) is 0 Å². The average molecular weight is 417 g/mol. The molecule has 2 fully saturated rings. The molecule has 2 N–H and O–H groups in total. The van der Waals surface area contributed by atoms with Crippen molar-refractivity contribution in [3.8, 4) is 5.75 Å². The molecule has 11 heteroatoms. The van der Waals surface area contributed by atoms with E-state index in [0.29, 0.717) is 18.6 Å². The number of hydrazine groups is 1. The van der Waals surface area contributed by atoms with Crippen LogP contribution < -0.4 is 15.6 Å². The van der Waals surface area contributed by atoms with E-state index in [1.54, 1.807) is 0 Å². The summed E-state index contributed by atoms with van der Waals surface area (Å²) >= 11 is 1.52. The first-order chi connectivity index (χ1) is 13.1. The smallest absolute Gasteiger partial charge is 0.416 e. The van der Waals surface area contributed by atoms with Gasteiger partial charge in [-0.05, 0) is 31.5 Å². The number of nitrogens with one attached hydrogen (secondary N) is 2. The number of amides is 3. The fourth-order valence-electron chi connectivity index (χ4n) is 3.18. The molecule has 7 nitrogen and oxygen atoms in total. The van der Waals surface area contributed by atoms with Crippen LogP contribution in [-0.2, 0) is 20.6 Å². The van der Waals surface area contributed by atoms with Crippen LogP contribution in [0.2, 0.25) is 0 Å². The van der Waals surface area contributed by atoms with Crippen LogP contribution >= 0.6 is 11.8 Å². The molecule has 1 aromatic carbocycles. The van der Waals surface area contributed by atoms with E-state index in [4.69, 9.17) is 4.74 Å². The van der Waals surface area contributed by atoms with Gasteiger partial charge in [0.2, 0.25) is 5.91 Å². The first-order valence-corrected chi connectivity index (χ1v) is 9.43. The zero-order valence-electron chi connectivity index (χ0n) is 14.8. The van der Waals surface area contributed by atoms with Gasteiger partial charge in [0.25, 0.3) is 11.8 Å². The third kappa shape index (κ3) is 4.18. The third-order valence-electron chi connectivity index (χ3n) is 4.60. The summed E-state index contributed by atoms with van der Waals surface area (Å²) in [6, 6.07) is 3.44. The molecule has 0 saturated carbocycles. The Morgan fingerprint density at radius 1 is 1.36 bits per heavy atom. The van der Waals surface area contributed by atoms with Gasteiger partial charge in [-0.1, -0.05) is 6.07 Å². The maximum absolute atomic E-state index is 12.7. The van der Waals surface area contributed by atoms with E-state index in [2.05, 4.69) is 10.9 Å². The van der Waals surface area contributed by atoms with E-state index in [9.17, 15) is 27.6 Å². The van der Waals surface area contributed by atoms with E-state index >= 15 is 0 Å². The molecule has 28 heavy (non-hydrogen) atoms. The van der Waals surface area contributed by atoms with E-state index in [-0.39, 0.29) is 11.7 Å². The van der Waals surface area contributed by atoms with Crippen LogP contribution in [0.5, 0.6) is 5.75 Å². The molecule has 2 aliphatic rings. The number of nitrogens with zero attached hydrogens (tertiary/aromatic N) is 1. The van der Waals surface area contributed by atoms with Crippen LogP contribution in [0.15, 0.2) is 24.3 Å². The molecular weight excluding hydrogens is 399 g/mol. The van der Waals surface area contributed by atoms with Gasteiger partial charge in [0.15, 0.2) is 6.61 Å². The fraction of sp³-hybridized carbons (Fsp3) is 0.471. The van der Waals surface area contributed by atoms with Crippen molar-refractivity contribution in [3.05, 3.63) is 29.8 Å². The van der Waals surface area contributed by atoms with Crippen LogP contribution in [0, 0.1) is 0 Å². The van der Waals surface area contributed by atoms with Gasteiger partial charge in [0.1, 0.15) is 11.8 Å². The number of carbonyl (C=O) groups excluding carboxylic acids is 3. The Bertz CT molecular complexity index is 804. The maximum atomic E-state index is 12.7. The molecule has 0 aliphatic carbocycles. The van der Waals surface area contributed by atoms with Crippen LogP contribution in [0.4, 0.5) is 13.2 Å². The Kier molecular flexibility index (Phi) is 5.46. The molecule has 0 bridgehead atoms. The number of thioether (sulfide) groups is 1. The van der Waals surface area contributed by atoms with Crippen molar-refractivity contribution in [3.63, 3.8) is 0 Å². The zero-order valence-corrected chi connectivity index (χ0v) is 15.7. The molecule has 152 valence electrons. The highest BCUT2D eigenvalue weighted by Crippen LogP contribution is 2.47. The number of alkyl halides is 3. The minimum absolute atomic E-state index is 0.105. The first kappa shape index (κ1) is 20.3. The number of carbonyl (C=O) groups is 3. The van der Waals surface area contributed by atoms with Crippen LogP contribution in [0.1, 0.15) is 25.3 Å². The van der Waals surface area contributed by atoms with Crippen molar-refractivity contribution in [1.82, 2.24) is 15.8 Å². The zero-order chi connectivity index (χ0) is 20.5. The second-order valence-corrected chi connectivity index (χ2v) is 8.12. The molecule has 1 aromatic rings. The predicted octanol–water partition coefficient (Wildman–Crippen LogP) is 1.69. The minimum atomic E-state index is -4.52. The van der Waals surface area contributed by atoms with Gasteiger partial charge in [-0.3, -0.25) is 25.2 Å². The lowest BCUT2D eigenvalue weighted by Crippen LogP contribution is -2.54. The van der Waals surface area contributed by atoms with Crippen molar-refractivity contribution in [2.24, 2.45) is 0 Å². The third-order valence-corrected chi connectivity index (χ3v) is 6.11. The lowest BCUT2D eigenvalue weighted by Gasteiger charge is -2.29. The Labute approximate surface area is 162 Å². The van der Waals surface area contributed by atoms with E-state index < -0.39 is 41.1 Å². The summed E-state index contributed by atoms with van der Waals surface area (Å²) in [6.45, 7) is 1.32. The highest BCUT2D eigenvalue weighted by molar-refractivity contribution is 8.01. The van der Waals surface area contributed by atoms with Gasteiger partial charge in [-0.2, -0.15) is 13.2 Å². The first-order valence-electron chi connectivity index (χ1n) is 8.45. The SMILES string of the molecule is C[C@@]12CCC(=O)N1[C@@H](C(=O)NNC(=O)COc1cccc(C(F)(F)F)c1)CS2. The number of fused-ring (bicyclic) bond motifs is 1. The molecule has 2 aliphatic heterocycles. The molecule has 0 unspecified atom stereocenters. The van der Waals surface area contributed by atoms with Crippen LogP contribution in [0.3, 0.4) is 0 Å². The Morgan fingerprint density at radius 3 is 2.82 bits per heavy atom. The van der Waals surface area contributed by atoms with E-state index in [1.807, 2.05) is 6.92 Å². The molecule has 3 amide bonds. The molecule has 2 saturated heterocycles. The summed E-state index contributed by atoms with van der Waals surface area (Å²) in [7, 11) is 0. The normalized spacial score (nSPS) is 24.1. The van der Waals surface area contributed by atoms with Gasteiger partial charge in [-0.15, -0.1) is 11.8 Å². The minimum Gasteiger partial charge on any atom is -0.484 e. The fourth-order valence-corrected chi connectivity index (χ4v) is 4.61. The monoisotopic (exact) mass is 417 g/mol. The van der Waals surface area contributed by atoms with Gasteiger partial charge >= 0.3 is 6.18 Å². The lowest BCUT2D eigenvalue weighted by molar-refractivity contribution is -0.139. The van der Waals surface area contributed by atoms with Gasteiger partial charge in [0, 0.05) is 12.2 Å². The van der Waals surface area contributed by atoms with E-state index in [0.717, 1.165) is 12.1 Å². The molecular formula is C17H18F3N3O4S. The van der Waals surface area contributed by atoms with Crippen molar-refractivity contribution in [2.75, 3.05) is 12.4 Å². The molecule has 0 aromatic heterocycles. The van der Waals surface area contributed by atoms with Gasteiger partial charge < -0.3 is 9.64 Å². The van der Waals surface area contributed by atoms with Crippen molar-refractivity contribution >= 4 is 29.5 Å². The summed E-state index contributed by atoms with van der Waals surface area (Å²) in [5.74, 6) is -1.08. The summed E-state index contributed by atoms with van der Waals surface area (Å²) in [5, 5.41) is 0. The summed E-state index contributed by atoms with van der Waals surface area (Å²) in [5.41, 5.74) is 3.50. The number of hydrogen-bond acceptors (Lipinski definition) is 5. The second kappa shape index (κ2) is 7.53. The number of ether oxygens (including phenoxy) is 1. The highest BCUT2D eigenvalue weighted by atomic mass is 32.2. The Morgan fingerprint density at radius 2 is 2.11 bits per heavy atom. The standard InChI is InChI=1S/C17H18F3N3O4S/c1-16-6-5-14(25)23(16)12(9-28-16)15(26)22-21-13(24)8-27-11-4-2-3-10(7-11)17(18,19)20/h2-4,7,12H,5-6,8-9H2,1H3,(H,21,24)(H,22,26)/t12-,16-/m1/s1. The Hall–Kier alpha value is -2.43. The summed E-state index contributed by atoms with van der Waals surface area (Å²) in [4.78, 5) is 37.3. The van der Waals surface area contributed by atoms with Gasteiger partial charge in [-0.25, -0.2) is 0 Å². The Balaban J connectivity index is 1.49. The largest absolute Gasteiger partial charge is 0.484 e. The second-order valence-electron chi connectivity index (χ2n) is 6.62. The van der Waals surface area contributed by atoms with E-state index in [1.165, 1.54) is 28.8 Å². The molecule has 0 spiro atoms. The van der Waals surface area contributed by atoms with Crippen LogP contribution in [-0.4, -0.2) is 45.9 Å². The number of benzene rings is 1. The highest BCUT2D eigenvalue weighted by Gasteiger charge is 2.52. The molecule has 0 radical (unpaired) electrons. The topological polar surface area (TPSA) is 87.7 Å². The average Bonchev–Trinajstić information content (AvgIpc) is 3.13. The van der Waals surface area contributed by atoms with Crippen molar-refractivity contribution in [2.45, 2.75) is 36.9 Å². The molecule has 2 heterocycles. The van der Waals surface area contributed by atoms with Crippen LogP contribution in [0.25, 0.3) is 0 Å². The quantitative estimate of drug-likeness (QED) is 0.728. The number of halogens is 3.